The third kappa shape index (κ3) is 2.10. The molecule has 0 bridgehead atoms. The number of nitro groups is 1. The van der Waals surface area contributed by atoms with Crippen LogP contribution in [0.4, 0.5) is 10.1 Å². The Balaban J connectivity index is 3.79. The van der Waals surface area contributed by atoms with E-state index in [2.05, 4.69) is 0 Å². The molecule has 1 aromatic rings. The molecule has 0 aliphatic carbocycles. The molecule has 0 unspecified atom stereocenters. The van der Waals surface area contributed by atoms with E-state index in [-0.39, 0.29) is 0 Å². The molecule has 0 spiro atoms. The van der Waals surface area contributed by atoms with Gasteiger partial charge in [0, 0.05) is 10.7 Å². The first-order valence-corrected chi connectivity index (χ1v) is 5.91. The Hall–Kier alpha value is -1.72. The molecule has 0 aliphatic heterocycles. The highest BCUT2D eigenvalue weighted by atomic mass is 35.7. The van der Waals surface area contributed by atoms with Crippen molar-refractivity contribution in [2.45, 2.75) is 4.90 Å². The minimum Gasteiger partial charge on any atom is -0.258 e. The summed E-state index contributed by atoms with van der Waals surface area (Å²) in [4.78, 5) is 8.49. The van der Waals surface area contributed by atoms with Gasteiger partial charge >= 0.3 is 5.69 Å². The Morgan fingerprint density at radius 2 is 2.06 bits per heavy atom. The van der Waals surface area contributed by atoms with Crippen molar-refractivity contribution in [3.05, 3.63) is 33.6 Å². The van der Waals surface area contributed by atoms with E-state index in [9.17, 15) is 22.9 Å². The zero-order valence-electron chi connectivity index (χ0n) is 7.35. The standard InChI is InChI=1S/C7H2ClFN2O4S/c8-16(14,15)6-2-1-5(9)7(11(12)13)4(6)3-10/h1-2H. The zero-order valence-corrected chi connectivity index (χ0v) is 8.92. The van der Waals surface area contributed by atoms with Gasteiger partial charge in [-0.1, -0.05) is 0 Å². The Morgan fingerprint density at radius 1 is 1.50 bits per heavy atom. The molecule has 0 aliphatic rings. The third-order valence-corrected chi connectivity index (χ3v) is 3.01. The number of halogens is 2. The SMILES string of the molecule is N#Cc1c(S(=O)(=O)Cl)ccc(F)c1[N+](=O)[O-]. The molecule has 16 heavy (non-hydrogen) atoms. The average molecular weight is 265 g/mol. The van der Waals surface area contributed by atoms with Crippen LogP contribution in [0.3, 0.4) is 0 Å². The number of nitro benzene ring substituents is 1. The molecule has 0 amide bonds. The normalized spacial score (nSPS) is 10.8. The van der Waals surface area contributed by atoms with E-state index < -0.39 is 35.9 Å². The highest BCUT2D eigenvalue weighted by molar-refractivity contribution is 8.13. The van der Waals surface area contributed by atoms with Gasteiger partial charge < -0.3 is 0 Å². The predicted molar refractivity (Wildman–Crippen MR) is 50.8 cm³/mol. The Kier molecular flexibility index (Phi) is 3.11. The number of nitriles is 1. The van der Waals surface area contributed by atoms with Crippen LogP contribution in [-0.4, -0.2) is 13.3 Å². The Bertz CT molecular complexity index is 608. The lowest BCUT2D eigenvalue weighted by Crippen LogP contribution is -2.02. The van der Waals surface area contributed by atoms with Gasteiger partial charge in [0.1, 0.15) is 11.0 Å². The van der Waals surface area contributed by atoms with E-state index in [0.29, 0.717) is 12.1 Å². The van der Waals surface area contributed by atoms with Gasteiger partial charge in [-0.3, -0.25) is 10.1 Å². The molecular formula is C7H2ClFN2O4S. The summed E-state index contributed by atoms with van der Waals surface area (Å²) in [7, 11) is 0.608. The zero-order chi connectivity index (χ0) is 12.5. The van der Waals surface area contributed by atoms with Crippen LogP contribution in [0.2, 0.25) is 0 Å². The van der Waals surface area contributed by atoms with Crippen LogP contribution in [-0.2, 0) is 9.05 Å². The molecule has 6 nitrogen and oxygen atoms in total. The van der Waals surface area contributed by atoms with Crippen molar-refractivity contribution >= 4 is 25.4 Å². The van der Waals surface area contributed by atoms with Crippen molar-refractivity contribution in [1.29, 1.82) is 5.26 Å². The maximum absolute atomic E-state index is 13.0. The highest BCUT2D eigenvalue weighted by Gasteiger charge is 2.28. The quantitative estimate of drug-likeness (QED) is 0.458. The fourth-order valence-electron chi connectivity index (χ4n) is 1.04. The first-order valence-electron chi connectivity index (χ1n) is 3.60. The fraction of sp³-hybridized carbons (Fsp3) is 0. The second-order valence-corrected chi connectivity index (χ2v) is 5.11. The minimum atomic E-state index is -4.34. The third-order valence-electron chi connectivity index (χ3n) is 1.65. The smallest absolute Gasteiger partial charge is 0.258 e. The summed E-state index contributed by atoms with van der Waals surface area (Å²) >= 11 is 0. The highest BCUT2D eigenvalue weighted by Crippen LogP contribution is 2.29. The Morgan fingerprint density at radius 3 is 2.44 bits per heavy atom. The average Bonchev–Trinajstić information content (AvgIpc) is 2.14. The summed E-state index contributed by atoms with van der Waals surface area (Å²) in [5.74, 6) is -1.30. The van der Waals surface area contributed by atoms with Crippen LogP contribution in [0.5, 0.6) is 0 Å². The van der Waals surface area contributed by atoms with E-state index in [1.807, 2.05) is 0 Å². The lowest BCUT2D eigenvalue weighted by molar-refractivity contribution is -0.388. The van der Waals surface area contributed by atoms with Crippen molar-refractivity contribution in [1.82, 2.24) is 0 Å². The van der Waals surface area contributed by atoms with E-state index in [1.165, 1.54) is 6.07 Å². The van der Waals surface area contributed by atoms with E-state index in [0.717, 1.165) is 0 Å². The summed E-state index contributed by atoms with van der Waals surface area (Å²) in [6.45, 7) is 0. The van der Waals surface area contributed by atoms with Gasteiger partial charge in [0.15, 0.2) is 5.56 Å². The number of hydrogen-bond donors (Lipinski definition) is 0. The molecule has 1 aromatic carbocycles. The van der Waals surface area contributed by atoms with Crippen molar-refractivity contribution in [3.8, 4) is 6.07 Å². The van der Waals surface area contributed by atoms with Crippen LogP contribution in [0.25, 0.3) is 0 Å². The van der Waals surface area contributed by atoms with Gasteiger partial charge in [0.05, 0.1) is 4.92 Å². The molecular weight excluding hydrogens is 263 g/mol. The summed E-state index contributed by atoms with van der Waals surface area (Å²) in [6.07, 6.45) is 0. The van der Waals surface area contributed by atoms with Crippen LogP contribution >= 0.6 is 10.7 Å². The fourth-order valence-corrected chi connectivity index (χ4v) is 2.04. The van der Waals surface area contributed by atoms with Crippen molar-refractivity contribution in [2.75, 3.05) is 0 Å². The van der Waals surface area contributed by atoms with Crippen LogP contribution < -0.4 is 0 Å². The number of hydrogen-bond acceptors (Lipinski definition) is 5. The van der Waals surface area contributed by atoms with E-state index >= 15 is 0 Å². The summed E-state index contributed by atoms with van der Waals surface area (Å²) < 4.78 is 35.0. The molecule has 0 heterocycles. The van der Waals surface area contributed by atoms with Crippen LogP contribution in [0.15, 0.2) is 17.0 Å². The molecule has 0 N–H and O–H groups in total. The summed E-state index contributed by atoms with van der Waals surface area (Å²) in [5, 5.41) is 19.0. The first kappa shape index (κ1) is 12.4. The molecule has 0 saturated heterocycles. The van der Waals surface area contributed by atoms with Gasteiger partial charge in [0.2, 0.25) is 5.82 Å². The van der Waals surface area contributed by atoms with Crippen LogP contribution in [0.1, 0.15) is 5.56 Å². The van der Waals surface area contributed by atoms with E-state index in [1.54, 1.807) is 0 Å². The molecule has 0 saturated carbocycles. The van der Waals surface area contributed by atoms with Gasteiger partial charge in [-0.25, -0.2) is 8.42 Å². The van der Waals surface area contributed by atoms with Gasteiger partial charge in [-0.2, -0.15) is 9.65 Å². The first-order chi connectivity index (χ1) is 7.29. The molecule has 84 valence electrons. The second-order valence-electron chi connectivity index (χ2n) is 2.58. The molecule has 0 radical (unpaired) electrons. The van der Waals surface area contributed by atoms with Crippen molar-refractivity contribution in [2.24, 2.45) is 0 Å². The van der Waals surface area contributed by atoms with Gasteiger partial charge in [-0.05, 0) is 12.1 Å². The maximum atomic E-state index is 13.0. The van der Waals surface area contributed by atoms with Gasteiger partial charge in [-0.15, -0.1) is 0 Å². The molecule has 1 rings (SSSR count). The molecule has 0 fully saturated rings. The number of rotatable bonds is 2. The molecule has 0 aromatic heterocycles. The lowest BCUT2D eigenvalue weighted by Gasteiger charge is -2.01. The molecule has 9 heteroatoms. The number of benzene rings is 1. The predicted octanol–water partition coefficient (Wildman–Crippen LogP) is 1.53. The maximum Gasteiger partial charge on any atom is 0.323 e. The monoisotopic (exact) mass is 264 g/mol. The van der Waals surface area contributed by atoms with Gasteiger partial charge in [0.25, 0.3) is 9.05 Å². The topological polar surface area (TPSA) is 101 Å². The molecule has 0 atom stereocenters. The summed E-state index contributed by atoms with van der Waals surface area (Å²) in [5.41, 5.74) is -2.12. The second kappa shape index (κ2) is 4.03. The van der Waals surface area contributed by atoms with Crippen molar-refractivity contribution < 1.29 is 17.7 Å². The largest absolute Gasteiger partial charge is 0.323 e. The Labute approximate surface area is 93.4 Å². The summed E-state index contributed by atoms with van der Waals surface area (Å²) in [6, 6.07) is 2.51. The van der Waals surface area contributed by atoms with Crippen LogP contribution in [0, 0.1) is 27.3 Å². The van der Waals surface area contributed by atoms with Crippen molar-refractivity contribution in [3.63, 3.8) is 0 Å². The lowest BCUT2D eigenvalue weighted by atomic mass is 10.2. The van der Waals surface area contributed by atoms with E-state index in [4.69, 9.17) is 15.9 Å². The minimum absolute atomic E-state index is 0.564. The number of nitrogens with zero attached hydrogens (tertiary/aromatic N) is 2.